The van der Waals surface area contributed by atoms with E-state index in [0.29, 0.717) is 36.6 Å². The first-order valence-electron chi connectivity index (χ1n) is 9.71. The molecule has 0 aliphatic carbocycles. The molecular weight excluding hydrogens is 392 g/mol. The summed E-state index contributed by atoms with van der Waals surface area (Å²) in [6.45, 7) is 0.349. The van der Waals surface area contributed by atoms with Gasteiger partial charge in [0.1, 0.15) is 11.8 Å². The average Bonchev–Trinajstić information content (AvgIpc) is 2.74. The summed E-state index contributed by atoms with van der Waals surface area (Å²) in [5, 5.41) is 32.4. The lowest BCUT2D eigenvalue weighted by atomic mass is 9.94. The fraction of sp³-hybridized carbons (Fsp3) is 0.409. The number of benzene rings is 2. The minimum atomic E-state index is -0.492. The summed E-state index contributed by atoms with van der Waals surface area (Å²) in [7, 11) is 0. The number of hydrogen-bond donors (Lipinski definition) is 3. The number of nitrogens with one attached hydrogen (secondary N) is 1. The Hall–Kier alpha value is -2.30. The van der Waals surface area contributed by atoms with Gasteiger partial charge >= 0.3 is 0 Å². The number of nitriles is 1. The van der Waals surface area contributed by atoms with Crippen molar-refractivity contribution in [2.45, 2.75) is 43.7 Å². The molecule has 0 amide bonds. The van der Waals surface area contributed by atoms with Crippen LogP contribution in [0.1, 0.15) is 35.6 Å². The van der Waals surface area contributed by atoms with Crippen LogP contribution in [-0.2, 0) is 11.2 Å². The Labute approximate surface area is 174 Å². The minimum Gasteiger partial charge on any atom is -0.472 e. The third-order valence-corrected chi connectivity index (χ3v) is 5.72. The van der Waals surface area contributed by atoms with Crippen LogP contribution >= 0.6 is 11.6 Å². The molecule has 2 aromatic rings. The largest absolute Gasteiger partial charge is 0.472 e. The van der Waals surface area contributed by atoms with E-state index in [4.69, 9.17) is 26.3 Å². The molecule has 0 aromatic heterocycles. The lowest BCUT2D eigenvalue weighted by molar-refractivity contribution is -0.113. The van der Waals surface area contributed by atoms with Crippen LogP contribution in [0.4, 0.5) is 5.69 Å². The van der Waals surface area contributed by atoms with Gasteiger partial charge in [-0.2, -0.15) is 5.26 Å². The first-order valence-corrected chi connectivity index (χ1v) is 10.1. The molecule has 0 spiro atoms. The third-order valence-electron chi connectivity index (χ3n) is 5.35. The van der Waals surface area contributed by atoms with Crippen molar-refractivity contribution in [3.63, 3.8) is 0 Å². The quantitative estimate of drug-likeness (QED) is 0.711. The summed E-state index contributed by atoms with van der Waals surface area (Å²) in [4.78, 5) is 0. The molecule has 1 saturated heterocycles. The molecule has 152 valence electrons. The number of halogens is 1. The highest BCUT2D eigenvalue weighted by Crippen LogP contribution is 2.35. The van der Waals surface area contributed by atoms with Crippen LogP contribution < -0.4 is 10.1 Å². The van der Waals surface area contributed by atoms with E-state index in [-0.39, 0.29) is 18.8 Å². The summed E-state index contributed by atoms with van der Waals surface area (Å²) in [6.07, 6.45) is -0.0216. The van der Waals surface area contributed by atoms with Gasteiger partial charge in [-0.05, 0) is 41.3 Å². The molecule has 7 heteroatoms. The Morgan fingerprint density at radius 1 is 1.21 bits per heavy atom. The lowest BCUT2D eigenvalue weighted by Gasteiger charge is -2.32. The maximum atomic E-state index is 10.1. The van der Waals surface area contributed by atoms with E-state index in [2.05, 4.69) is 11.4 Å². The van der Waals surface area contributed by atoms with Crippen molar-refractivity contribution in [3.8, 4) is 11.8 Å². The van der Waals surface area contributed by atoms with Gasteiger partial charge in [0.15, 0.2) is 0 Å². The van der Waals surface area contributed by atoms with E-state index >= 15 is 0 Å². The highest BCUT2D eigenvalue weighted by Gasteiger charge is 2.29. The maximum absolute atomic E-state index is 10.1. The van der Waals surface area contributed by atoms with Gasteiger partial charge in [0, 0.05) is 17.9 Å². The van der Waals surface area contributed by atoms with Crippen LogP contribution in [0.25, 0.3) is 0 Å². The molecule has 4 rings (SSSR count). The van der Waals surface area contributed by atoms with E-state index < -0.39 is 12.2 Å². The van der Waals surface area contributed by atoms with Crippen LogP contribution in [0.15, 0.2) is 36.4 Å². The fourth-order valence-electron chi connectivity index (χ4n) is 3.87. The normalized spacial score (nSPS) is 26.0. The Morgan fingerprint density at radius 2 is 2.07 bits per heavy atom. The number of ether oxygens (including phenoxy) is 2. The Balaban J connectivity index is 1.54. The van der Waals surface area contributed by atoms with Gasteiger partial charge in [-0.15, -0.1) is 0 Å². The number of anilines is 1. The second-order valence-corrected chi connectivity index (χ2v) is 7.94. The zero-order valence-electron chi connectivity index (χ0n) is 15.8. The lowest BCUT2D eigenvalue weighted by Crippen LogP contribution is -2.33. The van der Waals surface area contributed by atoms with Crippen molar-refractivity contribution in [3.05, 3.63) is 58.1 Å². The second-order valence-electron chi connectivity index (χ2n) is 7.53. The highest BCUT2D eigenvalue weighted by molar-refractivity contribution is 6.31. The first kappa shape index (κ1) is 20.0. The molecule has 2 aromatic carbocycles. The molecule has 3 N–H and O–H groups in total. The van der Waals surface area contributed by atoms with Crippen LogP contribution in [0.3, 0.4) is 0 Å². The highest BCUT2D eigenvalue weighted by atomic mass is 35.5. The minimum absolute atomic E-state index is 0.106. The molecule has 6 nitrogen and oxygen atoms in total. The monoisotopic (exact) mass is 414 g/mol. The van der Waals surface area contributed by atoms with E-state index in [1.54, 1.807) is 0 Å². The molecule has 0 bridgehead atoms. The Kier molecular flexibility index (Phi) is 5.93. The average molecular weight is 415 g/mol. The van der Waals surface area contributed by atoms with Crippen molar-refractivity contribution >= 4 is 17.3 Å². The number of fused-ring (bicyclic) bond motifs is 1. The van der Waals surface area contributed by atoms with Crippen LogP contribution in [0.5, 0.6) is 5.75 Å². The van der Waals surface area contributed by atoms with Crippen molar-refractivity contribution < 1.29 is 19.7 Å². The molecule has 4 atom stereocenters. The van der Waals surface area contributed by atoms with Gasteiger partial charge in [0.25, 0.3) is 0 Å². The van der Waals surface area contributed by atoms with Gasteiger partial charge in [-0.25, -0.2) is 0 Å². The summed E-state index contributed by atoms with van der Waals surface area (Å²) in [5.74, 6) is 0.672. The number of aliphatic hydroxyl groups excluding tert-OH is 2. The predicted molar refractivity (Wildman–Crippen MR) is 109 cm³/mol. The van der Waals surface area contributed by atoms with Gasteiger partial charge in [-0.1, -0.05) is 29.8 Å². The first-order chi connectivity index (χ1) is 14.1. The topological polar surface area (TPSA) is 94.7 Å². The van der Waals surface area contributed by atoms with Gasteiger partial charge < -0.3 is 25.0 Å². The van der Waals surface area contributed by atoms with Crippen molar-refractivity contribution in [2.75, 3.05) is 18.5 Å². The van der Waals surface area contributed by atoms with Crippen molar-refractivity contribution in [2.24, 2.45) is 0 Å². The number of nitrogens with zero attached hydrogens (tertiary/aromatic N) is 1. The summed E-state index contributed by atoms with van der Waals surface area (Å²) < 4.78 is 11.6. The van der Waals surface area contributed by atoms with Crippen LogP contribution in [-0.4, -0.2) is 41.7 Å². The van der Waals surface area contributed by atoms with Crippen molar-refractivity contribution in [1.29, 1.82) is 5.26 Å². The molecule has 0 saturated carbocycles. The predicted octanol–water partition coefficient (Wildman–Crippen LogP) is 3.20. The Bertz CT molecular complexity index is 930. The number of aliphatic hydroxyl groups is 2. The molecule has 1 unspecified atom stereocenters. The van der Waals surface area contributed by atoms with Crippen LogP contribution in [0, 0.1) is 11.3 Å². The summed E-state index contributed by atoms with van der Waals surface area (Å²) in [5.41, 5.74) is 3.83. The molecule has 0 radical (unpaired) electrons. The molecule has 29 heavy (non-hydrogen) atoms. The Morgan fingerprint density at radius 3 is 2.86 bits per heavy atom. The van der Waals surface area contributed by atoms with Gasteiger partial charge in [0.05, 0.1) is 37.2 Å². The van der Waals surface area contributed by atoms with Crippen LogP contribution in [0.2, 0.25) is 5.02 Å². The molecular formula is C22H23ClN2O4. The molecule has 2 aliphatic rings. The molecule has 1 fully saturated rings. The SMILES string of the molecule is N#CC1CNc2cc(Cc3cc([C@H]4C[C@@H](O)C[C@@H](CO)O4)ccc3Cl)ccc2O1. The fourth-order valence-corrected chi connectivity index (χ4v) is 4.05. The number of hydrogen-bond acceptors (Lipinski definition) is 6. The second kappa shape index (κ2) is 8.60. The zero-order valence-corrected chi connectivity index (χ0v) is 16.6. The maximum Gasteiger partial charge on any atom is 0.201 e. The van der Waals surface area contributed by atoms with E-state index in [1.165, 1.54) is 0 Å². The smallest absolute Gasteiger partial charge is 0.201 e. The third kappa shape index (κ3) is 4.49. The summed E-state index contributed by atoms with van der Waals surface area (Å²) in [6, 6.07) is 13.7. The van der Waals surface area contributed by atoms with E-state index in [0.717, 1.165) is 22.4 Å². The van der Waals surface area contributed by atoms with E-state index in [1.807, 2.05) is 36.4 Å². The molecule has 2 heterocycles. The number of rotatable bonds is 4. The van der Waals surface area contributed by atoms with Gasteiger partial charge in [0.2, 0.25) is 6.10 Å². The van der Waals surface area contributed by atoms with E-state index in [9.17, 15) is 10.2 Å². The standard InChI is InChI=1S/C22H23ClN2O4/c23-19-3-2-14(22-9-16(27)8-17(12-26)28-22)7-15(19)5-13-1-4-21-20(6-13)25-11-18(10-24)29-21/h1-4,6-7,16-18,22,25-27H,5,8-9,11-12H2/t16-,17-,18?,22+/m0/s1. The molecule has 2 aliphatic heterocycles. The zero-order chi connectivity index (χ0) is 20.4. The van der Waals surface area contributed by atoms with Gasteiger partial charge in [-0.3, -0.25) is 0 Å². The summed E-state index contributed by atoms with van der Waals surface area (Å²) >= 11 is 6.44. The van der Waals surface area contributed by atoms with Crippen molar-refractivity contribution in [1.82, 2.24) is 0 Å².